The second-order valence-electron chi connectivity index (χ2n) is 3.88. The Morgan fingerprint density at radius 1 is 1.10 bits per heavy atom. The molecule has 0 aliphatic rings. The van der Waals surface area contributed by atoms with E-state index in [1.807, 2.05) is 6.07 Å². The minimum absolute atomic E-state index is 0.265. The second-order valence-corrected chi connectivity index (χ2v) is 4.74. The third-order valence-electron chi connectivity index (χ3n) is 2.51. The Morgan fingerprint density at radius 2 is 1.85 bits per heavy atom. The first kappa shape index (κ1) is 14.4. The van der Waals surface area contributed by atoms with Crippen LogP contribution in [-0.4, -0.2) is 13.2 Å². The topological polar surface area (TPSA) is 42.2 Å². The average Bonchev–Trinajstić information content (AvgIpc) is 2.47. The molecular formula is C15H11BrFNO2. The summed E-state index contributed by atoms with van der Waals surface area (Å²) >= 11 is 3.07. The average molecular weight is 336 g/mol. The summed E-state index contributed by atoms with van der Waals surface area (Å²) in [4.78, 5) is 0. The largest absolute Gasteiger partial charge is 0.490 e. The van der Waals surface area contributed by atoms with Crippen LogP contribution in [0.25, 0.3) is 0 Å². The molecule has 0 saturated carbocycles. The molecule has 0 spiro atoms. The molecule has 5 heteroatoms. The molecule has 102 valence electrons. The number of benzene rings is 2. The van der Waals surface area contributed by atoms with E-state index in [9.17, 15) is 4.39 Å². The molecule has 0 radical (unpaired) electrons. The van der Waals surface area contributed by atoms with E-state index in [4.69, 9.17) is 14.7 Å². The van der Waals surface area contributed by atoms with E-state index >= 15 is 0 Å². The third-order valence-corrected chi connectivity index (χ3v) is 3.15. The molecule has 0 unspecified atom stereocenters. The molecule has 0 aliphatic heterocycles. The zero-order valence-electron chi connectivity index (χ0n) is 10.5. The number of ether oxygens (including phenoxy) is 2. The van der Waals surface area contributed by atoms with Gasteiger partial charge >= 0.3 is 0 Å². The van der Waals surface area contributed by atoms with Crippen molar-refractivity contribution in [1.82, 2.24) is 0 Å². The van der Waals surface area contributed by atoms with Gasteiger partial charge in [-0.05, 0) is 40.2 Å². The molecule has 0 bridgehead atoms. The van der Waals surface area contributed by atoms with Crippen LogP contribution >= 0.6 is 15.9 Å². The summed E-state index contributed by atoms with van der Waals surface area (Å²) in [6.45, 7) is 0.539. The van der Waals surface area contributed by atoms with Gasteiger partial charge in [0, 0.05) is 6.07 Å². The Kier molecular flexibility index (Phi) is 4.97. The van der Waals surface area contributed by atoms with Crippen LogP contribution in [0.3, 0.4) is 0 Å². The summed E-state index contributed by atoms with van der Waals surface area (Å²) in [6.07, 6.45) is 0. The molecule has 20 heavy (non-hydrogen) atoms. The fourth-order valence-corrected chi connectivity index (χ4v) is 1.81. The Morgan fingerprint density at radius 3 is 2.60 bits per heavy atom. The van der Waals surface area contributed by atoms with Gasteiger partial charge in [0.25, 0.3) is 0 Å². The molecule has 0 fully saturated rings. The van der Waals surface area contributed by atoms with Crippen LogP contribution in [0.15, 0.2) is 46.9 Å². The lowest BCUT2D eigenvalue weighted by Crippen LogP contribution is -2.09. The van der Waals surface area contributed by atoms with E-state index in [1.165, 1.54) is 6.07 Å². The summed E-state index contributed by atoms with van der Waals surface area (Å²) in [6, 6.07) is 13.6. The monoisotopic (exact) mass is 335 g/mol. The number of para-hydroxylation sites is 1. The van der Waals surface area contributed by atoms with Crippen LogP contribution in [0.1, 0.15) is 5.56 Å². The smallest absolute Gasteiger partial charge is 0.141 e. The van der Waals surface area contributed by atoms with Gasteiger partial charge in [0.15, 0.2) is 0 Å². The van der Waals surface area contributed by atoms with Crippen molar-refractivity contribution in [2.45, 2.75) is 0 Å². The summed E-state index contributed by atoms with van der Waals surface area (Å²) in [7, 11) is 0. The van der Waals surface area contributed by atoms with E-state index in [2.05, 4.69) is 15.9 Å². The highest BCUT2D eigenvalue weighted by Gasteiger charge is 2.03. The van der Waals surface area contributed by atoms with Crippen LogP contribution < -0.4 is 9.47 Å². The number of halogens is 2. The van der Waals surface area contributed by atoms with Crippen LogP contribution in [0.5, 0.6) is 11.5 Å². The molecule has 0 aromatic heterocycles. The van der Waals surface area contributed by atoms with E-state index in [0.29, 0.717) is 21.5 Å². The van der Waals surface area contributed by atoms with Crippen molar-refractivity contribution in [2.75, 3.05) is 13.2 Å². The van der Waals surface area contributed by atoms with Crippen molar-refractivity contribution in [1.29, 1.82) is 5.26 Å². The predicted octanol–water partition coefficient (Wildman–Crippen LogP) is 3.92. The number of nitriles is 1. The second kappa shape index (κ2) is 6.92. The first-order valence-corrected chi connectivity index (χ1v) is 6.70. The molecule has 0 N–H and O–H groups in total. The van der Waals surface area contributed by atoms with E-state index in [-0.39, 0.29) is 19.0 Å². The summed E-state index contributed by atoms with van der Waals surface area (Å²) in [5.41, 5.74) is 0.474. The van der Waals surface area contributed by atoms with Crippen LogP contribution in [-0.2, 0) is 0 Å². The van der Waals surface area contributed by atoms with Crippen molar-refractivity contribution < 1.29 is 13.9 Å². The van der Waals surface area contributed by atoms with Gasteiger partial charge in [-0.3, -0.25) is 0 Å². The van der Waals surface area contributed by atoms with Crippen molar-refractivity contribution in [3.8, 4) is 17.6 Å². The Labute approximate surface area is 124 Å². The summed E-state index contributed by atoms with van der Waals surface area (Å²) in [5.74, 6) is 0.571. The molecule has 0 heterocycles. The molecule has 0 saturated heterocycles. The number of hydrogen-bond donors (Lipinski definition) is 0. The molecular weight excluding hydrogens is 325 g/mol. The van der Waals surface area contributed by atoms with E-state index in [1.54, 1.807) is 36.4 Å². The highest BCUT2D eigenvalue weighted by atomic mass is 79.9. The maximum atomic E-state index is 13.3. The van der Waals surface area contributed by atoms with Crippen molar-refractivity contribution >= 4 is 15.9 Å². The Balaban J connectivity index is 1.85. The summed E-state index contributed by atoms with van der Waals surface area (Å²) < 4.78 is 24.5. The molecule has 0 atom stereocenters. The quantitative estimate of drug-likeness (QED) is 0.778. The van der Waals surface area contributed by atoms with Gasteiger partial charge in [0.05, 0.1) is 10.0 Å². The fourth-order valence-electron chi connectivity index (χ4n) is 1.56. The Bertz CT molecular complexity index is 640. The van der Waals surface area contributed by atoms with Crippen molar-refractivity contribution in [3.63, 3.8) is 0 Å². The number of nitrogens with zero attached hydrogens (tertiary/aromatic N) is 1. The van der Waals surface area contributed by atoms with Crippen molar-refractivity contribution in [3.05, 3.63) is 58.3 Å². The van der Waals surface area contributed by atoms with Crippen LogP contribution in [0.4, 0.5) is 4.39 Å². The zero-order chi connectivity index (χ0) is 14.4. The van der Waals surface area contributed by atoms with Gasteiger partial charge in [-0.15, -0.1) is 0 Å². The van der Waals surface area contributed by atoms with Crippen LogP contribution in [0.2, 0.25) is 0 Å². The van der Waals surface area contributed by atoms with Gasteiger partial charge in [0.1, 0.15) is 36.6 Å². The number of rotatable bonds is 5. The fraction of sp³-hybridized carbons (Fsp3) is 0.133. The number of hydrogen-bond acceptors (Lipinski definition) is 3. The first-order valence-electron chi connectivity index (χ1n) is 5.90. The predicted molar refractivity (Wildman–Crippen MR) is 76.2 cm³/mol. The van der Waals surface area contributed by atoms with Gasteiger partial charge in [0.2, 0.25) is 0 Å². The summed E-state index contributed by atoms with van der Waals surface area (Å²) in [5, 5.41) is 8.90. The molecule has 2 rings (SSSR count). The minimum Gasteiger partial charge on any atom is -0.490 e. The maximum Gasteiger partial charge on any atom is 0.141 e. The highest BCUT2D eigenvalue weighted by molar-refractivity contribution is 9.10. The maximum absolute atomic E-state index is 13.3. The Hall–Kier alpha value is -2.06. The molecule has 2 aromatic carbocycles. The minimum atomic E-state index is -0.377. The SMILES string of the molecule is N#Cc1ccccc1OCCOc1ccc(Br)c(F)c1. The lowest BCUT2D eigenvalue weighted by atomic mass is 10.2. The lowest BCUT2D eigenvalue weighted by Gasteiger charge is -2.09. The van der Waals surface area contributed by atoms with Gasteiger partial charge in [-0.25, -0.2) is 4.39 Å². The third kappa shape index (κ3) is 3.72. The van der Waals surface area contributed by atoms with Crippen LogP contribution in [0, 0.1) is 17.1 Å². The standard InChI is InChI=1S/C15H11BrFNO2/c16-13-6-5-12(9-14(13)17)19-7-8-20-15-4-2-1-3-11(15)10-18/h1-6,9H,7-8H2. The zero-order valence-corrected chi connectivity index (χ0v) is 12.1. The van der Waals surface area contributed by atoms with Crippen molar-refractivity contribution in [2.24, 2.45) is 0 Å². The lowest BCUT2D eigenvalue weighted by molar-refractivity contribution is 0.216. The molecule has 2 aromatic rings. The molecule has 3 nitrogen and oxygen atoms in total. The van der Waals surface area contributed by atoms with E-state index in [0.717, 1.165) is 0 Å². The normalized spacial score (nSPS) is 9.85. The van der Waals surface area contributed by atoms with Gasteiger partial charge in [-0.2, -0.15) is 5.26 Å². The first-order chi connectivity index (χ1) is 9.70. The van der Waals surface area contributed by atoms with Gasteiger partial charge in [-0.1, -0.05) is 12.1 Å². The molecule has 0 aliphatic carbocycles. The highest BCUT2D eigenvalue weighted by Crippen LogP contribution is 2.21. The van der Waals surface area contributed by atoms with E-state index < -0.39 is 0 Å². The van der Waals surface area contributed by atoms with Gasteiger partial charge < -0.3 is 9.47 Å². The molecule has 0 amide bonds.